The molecule has 0 aromatic heterocycles. The van der Waals surface area contributed by atoms with E-state index in [1.54, 1.807) is 0 Å². The first kappa shape index (κ1) is 60.8. The summed E-state index contributed by atoms with van der Waals surface area (Å²) in [5.41, 5.74) is -0.646. The molecule has 4 atom stereocenters. The lowest BCUT2D eigenvalue weighted by Crippen LogP contribution is -2.43. The predicted octanol–water partition coefficient (Wildman–Crippen LogP) is 4.34. The van der Waals surface area contributed by atoms with Crippen LogP contribution in [-0.2, 0) is 94.7 Å². The van der Waals surface area contributed by atoms with Gasteiger partial charge in [0.1, 0.15) is 0 Å². The van der Waals surface area contributed by atoms with Gasteiger partial charge in [-0.15, -0.1) is 0 Å². The minimum Gasteiger partial charge on any atom is -0.378 e. The lowest BCUT2D eigenvalue weighted by Gasteiger charge is -2.33. The molecule has 0 aliphatic carbocycles. The van der Waals surface area contributed by atoms with E-state index in [-0.39, 0.29) is 25.2 Å². The van der Waals surface area contributed by atoms with Crippen LogP contribution in [0.1, 0.15) is 77.0 Å². The van der Waals surface area contributed by atoms with Crippen LogP contribution in [0.2, 0.25) is 0 Å². The summed E-state index contributed by atoms with van der Waals surface area (Å²) >= 11 is 0. The molecular formula is C49H92O20. The molecule has 0 bridgehead atoms. The molecule has 4 aliphatic heterocycles. The number of rotatable bonds is 48. The van der Waals surface area contributed by atoms with Gasteiger partial charge >= 0.3 is 0 Å². The highest BCUT2D eigenvalue weighted by atomic mass is 16.7. The maximum atomic E-state index is 6.22. The Bertz CT molecular complexity index is 911. The Morgan fingerprint density at radius 1 is 0.232 bits per heavy atom. The van der Waals surface area contributed by atoms with Crippen molar-refractivity contribution in [3.63, 3.8) is 0 Å². The Morgan fingerprint density at radius 3 is 0.609 bits per heavy atom. The molecule has 4 aliphatic rings. The fourth-order valence-corrected chi connectivity index (χ4v) is 7.49. The minimum absolute atomic E-state index is 0.117. The van der Waals surface area contributed by atoms with E-state index in [1.165, 1.54) is 0 Å². The lowest BCUT2D eigenvalue weighted by atomic mass is 9.92. The number of hydrogen-bond acceptors (Lipinski definition) is 20. The minimum atomic E-state index is -0.646. The van der Waals surface area contributed by atoms with Gasteiger partial charge in [-0.1, -0.05) is 0 Å². The topological polar surface area (TPSA) is 185 Å². The summed E-state index contributed by atoms with van der Waals surface area (Å²) < 4.78 is 116. The van der Waals surface area contributed by atoms with Crippen LogP contribution in [0.5, 0.6) is 0 Å². The van der Waals surface area contributed by atoms with Crippen LogP contribution in [0.4, 0.5) is 0 Å². The Balaban J connectivity index is 1.13. The highest BCUT2D eigenvalue weighted by molar-refractivity contribution is 4.79. The van der Waals surface area contributed by atoms with Gasteiger partial charge in [-0.2, -0.15) is 0 Å². The van der Waals surface area contributed by atoms with E-state index in [1.807, 2.05) is 0 Å². The van der Waals surface area contributed by atoms with E-state index in [0.29, 0.717) is 185 Å². The Labute approximate surface area is 413 Å². The number of ether oxygens (including phenoxy) is 20. The van der Waals surface area contributed by atoms with Crippen LogP contribution in [0.25, 0.3) is 0 Å². The van der Waals surface area contributed by atoms with Gasteiger partial charge in [0.15, 0.2) is 25.2 Å². The molecule has 0 radical (unpaired) electrons. The molecular weight excluding hydrogens is 909 g/mol. The molecule has 408 valence electrons. The summed E-state index contributed by atoms with van der Waals surface area (Å²) in [5.74, 6) is 0. The maximum Gasteiger partial charge on any atom is 0.157 e. The van der Waals surface area contributed by atoms with Crippen molar-refractivity contribution >= 4 is 0 Å². The van der Waals surface area contributed by atoms with Crippen LogP contribution in [0.3, 0.4) is 0 Å². The second kappa shape index (κ2) is 44.7. The lowest BCUT2D eigenvalue weighted by molar-refractivity contribution is -0.169. The molecule has 4 saturated heterocycles. The first-order chi connectivity index (χ1) is 34.3. The SMILES string of the molecule is C1CCC(OCCOCCOCCOCC(COCCOCCOCCOC2CCCCO2)(COCCOCCOCCOC2CCCCO2)COCCOCCOCCOC2CCCCO2)OC1. The zero-order chi connectivity index (χ0) is 48.1. The highest BCUT2D eigenvalue weighted by Gasteiger charge is 2.33. The average molecular weight is 1000 g/mol. The summed E-state index contributed by atoms with van der Waals surface area (Å²) in [6.07, 6.45) is 12.2. The summed E-state index contributed by atoms with van der Waals surface area (Å²) in [7, 11) is 0. The summed E-state index contributed by atoms with van der Waals surface area (Å²) in [5, 5.41) is 0. The third kappa shape index (κ3) is 34.3. The first-order valence-corrected chi connectivity index (χ1v) is 26.2. The molecule has 0 aromatic rings. The maximum absolute atomic E-state index is 6.22. The molecule has 4 rings (SSSR count). The second-order valence-corrected chi connectivity index (χ2v) is 17.3. The molecule has 0 saturated carbocycles. The van der Waals surface area contributed by atoms with Gasteiger partial charge in [0.25, 0.3) is 0 Å². The van der Waals surface area contributed by atoms with Gasteiger partial charge in [-0.05, 0) is 77.0 Å². The van der Waals surface area contributed by atoms with Crippen molar-refractivity contribution in [2.24, 2.45) is 5.41 Å². The third-order valence-electron chi connectivity index (χ3n) is 11.3. The molecule has 4 fully saturated rings. The monoisotopic (exact) mass is 1000 g/mol. The standard InChI is InChI=1S/C49H92O20/c1-5-13-62-45(9-1)66-37-33-54-21-17-50-25-29-58-41-49(42-59-30-26-51-18-22-55-34-38-67-46-10-2-6-14-63-46,43-60-31-27-52-19-23-56-35-39-68-47-11-3-7-15-64-47)44-61-32-28-53-20-24-57-36-40-69-48-12-4-8-16-65-48/h45-48H,1-44H2. The highest BCUT2D eigenvalue weighted by Crippen LogP contribution is 2.22. The largest absolute Gasteiger partial charge is 0.378 e. The second-order valence-electron chi connectivity index (χ2n) is 17.3. The third-order valence-corrected chi connectivity index (χ3v) is 11.3. The van der Waals surface area contributed by atoms with Gasteiger partial charge in [-0.3, -0.25) is 0 Å². The van der Waals surface area contributed by atoms with E-state index in [0.717, 1.165) is 103 Å². The molecule has 69 heavy (non-hydrogen) atoms. The van der Waals surface area contributed by atoms with Crippen LogP contribution >= 0.6 is 0 Å². The zero-order valence-electron chi connectivity index (χ0n) is 42.1. The van der Waals surface area contributed by atoms with Gasteiger partial charge in [0.05, 0.1) is 190 Å². The molecule has 20 nitrogen and oxygen atoms in total. The fourth-order valence-electron chi connectivity index (χ4n) is 7.49. The quantitative estimate of drug-likeness (QED) is 0.0784. The molecule has 0 amide bonds. The molecule has 4 heterocycles. The van der Waals surface area contributed by atoms with Crippen molar-refractivity contribution in [2.75, 3.05) is 211 Å². The molecule has 20 heteroatoms. The Morgan fingerprint density at radius 2 is 0.420 bits per heavy atom. The fraction of sp³-hybridized carbons (Fsp3) is 1.00. The predicted molar refractivity (Wildman–Crippen MR) is 250 cm³/mol. The van der Waals surface area contributed by atoms with E-state index in [2.05, 4.69) is 0 Å². The summed E-state index contributed by atoms with van der Waals surface area (Å²) in [6, 6.07) is 0. The zero-order valence-corrected chi connectivity index (χ0v) is 42.1. The van der Waals surface area contributed by atoms with Crippen molar-refractivity contribution in [3.8, 4) is 0 Å². The van der Waals surface area contributed by atoms with Gasteiger partial charge in [-0.25, -0.2) is 0 Å². The van der Waals surface area contributed by atoms with E-state index in [9.17, 15) is 0 Å². The molecule has 0 spiro atoms. The molecule has 4 unspecified atom stereocenters. The average Bonchev–Trinajstić information content (AvgIpc) is 3.39. The van der Waals surface area contributed by atoms with Gasteiger partial charge < -0.3 is 94.7 Å². The van der Waals surface area contributed by atoms with Crippen LogP contribution < -0.4 is 0 Å². The van der Waals surface area contributed by atoms with Crippen LogP contribution in [0, 0.1) is 5.41 Å². The molecule has 0 N–H and O–H groups in total. The Hall–Kier alpha value is -0.800. The number of hydrogen-bond donors (Lipinski definition) is 0. The van der Waals surface area contributed by atoms with E-state index < -0.39 is 5.41 Å². The Kier molecular flexibility index (Phi) is 39.3. The first-order valence-electron chi connectivity index (χ1n) is 26.2. The van der Waals surface area contributed by atoms with Crippen LogP contribution in [-0.4, -0.2) is 237 Å². The van der Waals surface area contributed by atoms with Crippen molar-refractivity contribution in [2.45, 2.75) is 102 Å². The smallest absolute Gasteiger partial charge is 0.157 e. The van der Waals surface area contributed by atoms with Crippen molar-refractivity contribution < 1.29 is 94.7 Å². The molecule has 0 aromatic carbocycles. The normalized spacial score (nSPS) is 22.3. The van der Waals surface area contributed by atoms with Gasteiger partial charge in [0, 0.05) is 26.4 Å². The van der Waals surface area contributed by atoms with Crippen LogP contribution in [0.15, 0.2) is 0 Å². The van der Waals surface area contributed by atoms with E-state index >= 15 is 0 Å². The van der Waals surface area contributed by atoms with E-state index in [4.69, 9.17) is 94.7 Å². The summed E-state index contributed by atoms with van der Waals surface area (Å²) in [4.78, 5) is 0. The van der Waals surface area contributed by atoms with Crippen molar-refractivity contribution in [1.29, 1.82) is 0 Å². The summed E-state index contributed by atoms with van der Waals surface area (Å²) in [6.45, 7) is 14.9. The van der Waals surface area contributed by atoms with Crippen molar-refractivity contribution in [1.82, 2.24) is 0 Å². The van der Waals surface area contributed by atoms with Gasteiger partial charge in [0.2, 0.25) is 0 Å². The van der Waals surface area contributed by atoms with Crippen molar-refractivity contribution in [3.05, 3.63) is 0 Å².